The van der Waals surface area contributed by atoms with Crippen molar-refractivity contribution in [3.05, 3.63) is 34.9 Å². The third-order valence-electron chi connectivity index (χ3n) is 5.63. The van der Waals surface area contributed by atoms with Gasteiger partial charge >= 0.3 is 8.25 Å². The van der Waals surface area contributed by atoms with Gasteiger partial charge < -0.3 is 4.74 Å². The van der Waals surface area contributed by atoms with E-state index in [2.05, 4.69) is 42.3 Å². The van der Waals surface area contributed by atoms with Crippen molar-refractivity contribution >= 4 is 31.6 Å². The molecule has 0 spiro atoms. The average Bonchev–Trinajstić information content (AvgIpc) is 2.77. The van der Waals surface area contributed by atoms with Crippen LogP contribution >= 0.6 is 31.6 Å². The second kappa shape index (κ2) is 20.2. The smallest absolute Gasteiger partial charge is 0.366 e. The van der Waals surface area contributed by atoms with Crippen molar-refractivity contribution in [3.63, 3.8) is 0 Å². The van der Waals surface area contributed by atoms with Gasteiger partial charge in [0.1, 0.15) is 0 Å². The molecule has 1 N–H and O–H groups in total. The minimum atomic E-state index is -2.48. The summed E-state index contributed by atoms with van der Waals surface area (Å²) in [4.78, 5) is 8.55. The fraction of sp³-hybridized carbons (Fsp3) is 0.760. The van der Waals surface area contributed by atoms with Gasteiger partial charge in [0.15, 0.2) is 0 Å². The van der Waals surface area contributed by atoms with E-state index in [1.165, 1.54) is 74.9 Å². The molecule has 4 nitrogen and oxygen atoms in total. The number of hydrogen-bond donors (Lipinski definition) is 1. The standard InChI is InChI=1S/C25H43ClO4PS/c1-3-11-23(24-13-15-25(26)16-14-24)17-21-32-20-9-7-5-4-6-8-12-22(2)29-18-10-19-30-31(27)28/h13-16,22-23H,3-12,17-21H2,1-2H3,(H,27,28). The highest BCUT2D eigenvalue weighted by Gasteiger charge is 2.10. The lowest BCUT2D eigenvalue weighted by molar-refractivity contribution is 0.0505. The summed E-state index contributed by atoms with van der Waals surface area (Å²) < 4.78 is 20.7. The fourth-order valence-corrected chi connectivity index (χ4v) is 5.28. The summed E-state index contributed by atoms with van der Waals surface area (Å²) in [7, 11) is -2.48. The first-order chi connectivity index (χ1) is 15.5. The van der Waals surface area contributed by atoms with Crippen LogP contribution in [0.2, 0.25) is 5.02 Å². The summed E-state index contributed by atoms with van der Waals surface area (Å²) in [6.45, 7) is 5.23. The molecule has 1 aromatic rings. The zero-order chi connectivity index (χ0) is 23.4. The molecule has 0 saturated carbocycles. The second-order valence-corrected chi connectivity index (χ2v) is 10.8. The van der Waals surface area contributed by atoms with Gasteiger partial charge in [-0.3, -0.25) is 9.42 Å². The molecule has 1 radical (unpaired) electrons. The van der Waals surface area contributed by atoms with Crippen molar-refractivity contribution in [1.82, 2.24) is 0 Å². The van der Waals surface area contributed by atoms with Crippen LogP contribution in [-0.4, -0.2) is 35.7 Å². The summed E-state index contributed by atoms with van der Waals surface area (Å²) in [5.74, 6) is 3.19. The number of thioether (sulfide) groups is 1. The Morgan fingerprint density at radius 1 is 0.938 bits per heavy atom. The molecule has 0 heterocycles. The topological polar surface area (TPSA) is 55.8 Å². The Morgan fingerprint density at radius 3 is 2.31 bits per heavy atom. The first-order valence-corrected chi connectivity index (χ1v) is 14.9. The molecular formula is C25H43ClO4PS. The predicted octanol–water partition coefficient (Wildman–Crippen LogP) is 8.54. The molecule has 0 aliphatic rings. The highest BCUT2D eigenvalue weighted by Crippen LogP contribution is 2.28. The van der Waals surface area contributed by atoms with Crippen LogP contribution in [0.25, 0.3) is 0 Å². The molecule has 3 unspecified atom stereocenters. The van der Waals surface area contributed by atoms with Crippen molar-refractivity contribution in [3.8, 4) is 0 Å². The van der Waals surface area contributed by atoms with Crippen LogP contribution in [0.4, 0.5) is 0 Å². The van der Waals surface area contributed by atoms with Gasteiger partial charge in [0.05, 0.1) is 12.7 Å². The van der Waals surface area contributed by atoms with E-state index in [1.54, 1.807) is 0 Å². The zero-order valence-corrected chi connectivity index (χ0v) is 22.4. The summed E-state index contributed by atoms with van der Waals surface area (Å²) in [5, 5.41) is 0.822. The van der Waals surface area contributed by atoms with Gasteiger partial charge in [-0.15, -0.1) is 0 Å². The van der Waals surface area contributed by atoms with E-state index in [4.69, 9.17) is 21.2 Å². The number of unbranched alkanes of at least 4 members (excludes halogenated alkanes) is 5. The molecule has 0 saturated heterocycles. The molecule has 1 rings (SSSR count). The number of benzene rings is 1. The molecule has 0 fully saturated rings. The number of rotatable bonds is 21. The number of ether oxygens (including phenoxy) is 1. The van der Waals surface area contributed by atoms with Gasteiger partial charge in [-0.05, 0) is 74.1 Å². The molecule has 0 bridgehead atoms. The second-order valence-electron chi connectivity index (χ2n) is 8.45. The van der Waals surface area contributed by atoms with Crippen LogP contribution in [0.5, 0.6) is 0 Å². The first-order valence-electron chi connectivity index (χ1n) is 12.3. The van der Waals surface area contributed by atoms with E-state index >= 15 is 0 Å². The van der Waals surface area contributed by atoms with Crippen molar-refractivity contribution in [2.75, 3.05) is 24.7 Å². The minimum Gasteiger partial charge on any atom is -0.378 e. The van der Waals surface area contributed by atoms with Gasteiger partial charge in [0.2, 0.25) is 0 Å². The Kier molecular flexibility index (Phi) is 18.9. The average molecular weight is 506 g/mol. The molecule has 0 amide bonds. The van der Waals surface area contributed by atoms with E-state index in [0.717, 1.165) is 11.4 Å². The van der Waals surface area contributed by atoms with Crippen molar-refractivity contribution in [1.29, 1.82) is 0 Å². The van der Waals surface area contributed by atoms with Crippen LogP contribution in [0.1, 0.15) is 96.0 Å². The van der Waals surface area contributed by atoms with Crippen LogP contribution in [0.3, 0.4) is 0 Å². The van der Waals surface area contributed by atoms with E-state index < -0.39 is 8.25 Å². The third kappa shape index (κ3) is 16.5. The summed E-state index contributed by atoms with van der Waals surface area (Å²) in [6.07, 6.45) is 13.5. The lowest BCUT2D eigenvalue weighted by atomic mass is 9.92. The lowest BCUT2D eigenvalue weighted by Gasteiger charge is -2.16. The van der Waals surface area contributed by atoms with E-state index in [0.29, 0.717) is 18.9 Å². The van der Waals surface area contributed by atoms with Crippen LogP contribution in [0.15, 0.2) is 24.3 Å². The Labute approximate surface area is 206 Å². The van der Waals surface area contributed by atoms with Crippen molar-refractivity contribution < 1.29 is 18.7 Å². The molecule has 7 heteroatoms. The maximum Gasteiger partial charge on any atom is 0.366 e. The molecule has 3 atom stereocenters. The van der Waals surface area contributed by atoms with E-state index in [-0.39, 0.29) is 12.7 Å². The van der Waals surface area contributed by atoms with Crippen molar-refractivity contribution in [2.45, 2.75) is 96.5 Å². The SMILES string of the molecule is CCCC(CCSCCCCCCCCC(C)OCCCO[P](=O)O)c1ccc(Cl)cc1. The third-order valence-corrected chi connectivity index (χ3v) is 7.39. The first kappa shape index (κ1) is 29.9. The molecular weight excluding hydrogens is 463 g/mol. The summed E-state index contributed by atoms with van der Waals surface area (Å²) in [6, 6.07) is 8.42. The monoisotopic (exact) mass is 505 g/mol. The highest BCUT2D eigenvalue weighted by atomic mass is 35.5. The van der Waals surface area contributed by atoms with E-state index in [9.17, 15) is 4.57 Å². The quantitative estimate of drug-likeness (QED) is 0.134. The maximum atomic E-state index is 10.4. The maximum absolute atomic E-state index is 10.4. The zero-order valence-electron chi connectivity index (χ0n) is 20.0. The highest BCUT2D eigenvalue weighted by molar-refractivity contribution is 7.99. The molecule has 32 heavy (non-hydrogen) atoms. The van der Waals surface area contributed by atoms with Gasteiger partial charge in [-0.25, -0.2) is 4.57 Å². The largest absolute Gasteiger partial charge is 0.378 e. The van der Waals surface area contributed by atoms with Gasteiger partial charge in [0, 0.05) is 11.6 Å². The predicted molar refractivity (Wildman–Crippen MR) is 139 cm³/mol. The molecule has 0 aliphatic heterocycles. The van der Waals surface area contributed by atoms with E-state index in [1.807, 2.05) is 12.1 Å². The molecule has 0 aliphatic carbocycles. The molecule has 0 aromatic heterocycles. The Morgan fingerprint density at radius 2 is 1.62 bits per heavy atom. The summed E-state index contributed by atoms with van der Waals surface area (Å²) >= 11 is 8.14. The van der Waals surface area contributed by atoms with Crippen molar-refractivity contribution in [2.24, 2.45) is 0 Å². The summed E-state index contributed by atoms with van der Waals surface area (Å²) in [5.41, 5.74) is 1.44. The normalized spacial score (nSPS) is 13.8. The fourth-order valence-electron chi connectivity index (χ4n) is 3.80. The Balaban J connectivity index is 1.93. The lowest BCUT2D eigenvalue weighted by Crippen LogP contribution is -2.10. The van der Waals surface area contributed by atoms with Crippen LogP contribution in [0, 0.1) is 0 Å². The molecule has 1 aromatic carbocycles. The van der Waals surface area contributed by atoms with Crippen LogP contribution < -0.4 is 0 Å². The molecule has 185 valence electrons. The Bertz CT molecular complexity index is 588. The minimum absolute atomic E-state index is 0.249. The number of halogens is 1. The van der Waals surface area contributed by atoms with Crippen LogP contribution in [-0.2, 0) is 13.8 Å². The van der Waals surface area contributed by atoms with Gasteiger partial charge in [0.25, 0.3) is 0 Å². The van der Waals surface area contributed by atoms with Gasteiger partial charge in [-0.2, -0.15) is 11.8 Å². The Hall–Kier alpha value is -0.160. The van der Waals surface area contributed by atoms with Gasteiger partial charge in [-0.1, -0.05) is 69.2 Å². The number of hydrogen-bond acceptors (Lipinski definition) is 4.